The van der Waals surface area contributed by atoms with Crippen molar-refractivity contribution in [2.75, 3.05) is 19.5 Å². The molecule has 0 aliphatic rings. The Balaban J connectivity index is 2.07. The normalized spacial score (nSPS) is 10.8. The molecule has 1 amide bonds. The van der Waals surface area contributed by atoms with Gasteiger partial charge in [0.05, 0.1) is 35.7 Å². The summed E-state index contributed by atoms with van der Waals surface area (Å²) >= 11 is 20.1. The number of hydrogen-bond donors (Lipinski definition) is 1. The summed E-state index contributed by atoms with van der Waals surface area (Å²) in [5.74, 6) is -0.130. The lowest BCUT2D eigenvalue weighted by Gasteiger charge is -2.17. The molecule has 1 N–H and O–H groups in total. The average molecular weight is 419 g/mol. The molecular formula is C15H10Cl3N3O3S. The molecule has 0 radical (unpaired) electrons. The van der Waals surface area contributed by atoms with Crippen molar-refractivity contribution in [1.29, 1.82) is 0 Å². The van der Waals surface area contributed by atoms with Gasteiger partial charge < -0.3 is 14.8 Å². The van der Waals surface area contributed by atoms with Gasteiger partial charge in [-0.05, 0) is 0 Å². The largest absolute Gasteiger partial charge is 0.493 e. The fourth-order valence-electron chi connectivity index (χ4n) is 2.21. The molecule has 0 saturated heterocycles. The SMILES string of the molecule is COc1c(Cl)c(NC(=O)c2csc3cncnc23)c(Cl)c(OC)c1Cl. The maximum absolute atomic E-state index is 12.7. The van der Waals surface area contributed by atoms with Crippen LogP contribution < -0.4 is 14.8 Å². The van der Waals surface area contributed by atoms with Gasteiger partial charge in [-0.3, -0.25) is 4.79 Å². The van der Waals surface area contributed by atoms with E-state index in [1.165, 1.54) is 31.9 Å². The number of halogens is 3. The summed E-state index contributed by atoms with van der Waals surface area (Å²) in [6.45, 7) is 0. The summed E-state index contributed by atoms with van der Waals surface area (Å²) in [6, 6.07) is 0. The number of thiophene rings is 1. The minimum Gasteiger partial charge on any atom is -0.493 e. The van der Waals surface area contributed by atoms with E-state index in [4.69, 9.17) is 44.3 Å². The maximum Gasteiger partial charge on any atom is 0.258 e. The number of ether oxygens (including phenoxy) is 2. The summed E-state index contributed by atoms with van der Waals surface area (Å²) < 4.78 is 11.2. The highest BCUT2D eigenvalue weighted by Crippen LogP contribution is 2.50. The lowest BCUT2D eigenvalue weighted by molar-refractivity contribution is 0.102. The molecule has 0 unspecified atom stereocenters. The van der Waals surface area contributed by atoms with Crippen LogP contribution in [0.15, 0.2) is 17.9 Å². The van der Waals surface area contributed by atoms with Gasteiger partial charge >= 0.3 is 0 Å². The Hall–Kier alpha value is -1.80. The molecule has 0 aliphatic carbocycles. The maximum atomic E-state index is 12.7. The van der Waals surface area contributed by atoms with E-state index in [2.05, 4.69) is 15.3 Å². The van der Waals surface area contributed by atoms with Gasteiger partial charge in [-0.2, -0.15) is 0 Å². The van der Waals surface area contributed by atoms with Crippen LogP contribution in [0.4, 0.5) is 5.69 Å². The van der Waals surface area contributed by atoms with Gasteiger partial charge in [-0.1, -0.05) is 34.8 Å². The molecule has 10 heteroatoms. The van der Waals surface area contributed by atoms with Crippen molar-refractivity contribution < 1.29 is 14.3 Å². The van der Waals surface area contributed by atoms with Gasteiger partial charge in [0.2, 0.25) is 0 Å². The number of carbonyl (C=O) groups is 1. The zero-order valence-electron chi connectivity index (χ0n) is 12.9. The number of fused-ring (bicyclic) bond motifs is 1. The molecule has 2 heterocycles. The molecule has 0 atom stereocenters. The van der Waals surface area contributed by atoms with Crippen LogP contribution in [0.3, 0.4) is 0 Å². The first-order chi connectivity index (χ1) is 12.0. The quantitative estimate of drug-likeness (QED) is 0.651. The predicted molar refractivity (Wildman–Crippen MR) is 99.9 cm³/mol. The summed E-state index contributed by atoms with van der Waals surface area (Å²) in [6.07, 6.45) is 3.01. The molecule has 0 aliphatic heterocycles. The van der Waals surface area contributed by atoms with Crippen molar-refractivity contribution in [2.24, 2.45) is 0 Å². The van der Waals surface area contributed by atoms with Crippen molar-refractivity contribution in [3.63, 3.8) is 0 Å². The fraction of sp³-hybridized carbons (Fsp3) is 0.133. The summed E-state index contributed by atoms with van der Waals surface area (Å²) in [4.78, 5) is 20.7. The fourth-order valence-corrected chi connectivity index (χ4v) is 4.19. The van der Waals surface area contributed by atoms with Crippen LogP contribution in [0, 0.1) is 0 Å². The van der Waals surface area contributed by atoms with Crippen LogP contribution in [0.2, 0.25) is 15.1 Å². The number of carbonyl (C=O) groups excluding carboxylic acids is 1. The van der Waals surface area contributed by atoms with Crippen LogP contribution >= 0.6 is 46.1 Å². The molecule has 3 aromatic rings. The van der Waals surface area contributed by atoms with Crippen molar-refractivity contribution in [3.8, 4) is 11.5 Å². The lowest BCUT2D eigenvalue weighted by atomic mass is 10.2. The summed E-state index contributed by atoms with van der Waals surface area (Å²) in [5, 5.41) is 4.61. The Bertz CT molecular complexity index is 946. The first-order valence-corrected chi connectivity index (χ1v) is 8.77. The van der Waals surface area contributed by atoms with E-state index in [1.54, 1.807) is 11.6 Å². The van der Waals surface area contributed by atoms with E-state index in [1.807, 2.05) is 0 Å². The standard InChI is InChI=1S/C15H10Cl3N3O3S/c1-23-13-8(16)12(9(17)14(24-2)10(13)18)21-15(22)6-4-25-7-3-19-5-20-11(6)7/h3-5H,1-2H3,(H,21,22). The number of amides is 1. The number of anilines is 1. The zero-order chi connectivity index (χ0) is 18.1. The second-order valence-electron chi connectivity index (χ2n) is 4.72. The van der Waals surface area contributed by atoms with E-state index < -0.39 is 5.91 Å². The second kappa shape index (κ2) is 7.21. The van der Waals surface area contributed by atoms with E-state index in [-0.39, 0.29) is 32.3 Å². The number of methoxy groups -OCH3 is 2. The third kappa shape index (κ3) is 3.08. The van der Waals surface area contributed by atoms with Crippen LogP contribution in [-0.4, -0.2) is 30.1 Å². The molecule has 0 saturated carbocycles. The Morgan fingerprint density at radius 3 is 2.36 bits per heavy atom. The molecule has 0 spiro atoms. The summed E-state index contributed by atoms with van der Waals surface area (Å²) in [5.41, 5.74) is 1.06. The van der Waals surface area contributed by atoms with E-state index in [9.17, 15) is 4.79 Å². The smallest absolute Gasteiger partial charge is 0.258 e. The number of nitrogens with one attached hydrogen (secondary N) is 1. The highest BCUT2D eigenvalue weighted by atomic mass is 35.5. The molecule has 0 bridgehead atoms. The van der Waals surface area contributed by atoms with E-state index in [0.29, 0.717) is 11.1 Å². The molecule has 6 nitrogen and oxygen atoms in total. The number of benzene rings is 1. The second-order valence-corrected chi connectivity index (χ2v) is 6.77. The molecule has 3 rings (SSSR count). The van der Waals surface area contributed by atoms with Crippen LogP contribution in [-0.2, 0) is 0 Å². The number of rotatable bonds is 4. The summed E-state index contributed by atoms with van der Waals surface area (Å²) in [7, 11) is 2.80. The first kappa shape index (κ1) is 18.0. The van der Waals surface area contributed by atoms with E-state index in [0.717, 1.165) is 4.70 Å². The molecule has 2 aromatic heterocycles. The number of aromatic nitrogens is 2. The van der Waals surface area contributed by atoms with Gasteiger partial charge in [0.1, 0.15) is 21.4 Å². The number of nitrogens with zero attached hydrogens (tertiary/aromatic N) is 2. The van der Waals surface area contributed by atoms with Crippen molar-refractivity contribution in [3.05, 3.63) is 38.5 Å². The van der Waals surface area contributed by atoms with Crippen molar-refractivity contribution >= 4 is 68.0 Å². The van der Waals surface area contributed by atoms with Crippen molar-refractivity contribution in [2.45, 2.75) is 0 Å². The third-order valence-corrected chi connectivity index (χ3v) is 5.34. The molecule has 1 aromatic carbocycles. The molecular weight excluding hydrogens is 409 g/mol. The van der Waals surface area contributed by atoms with Gasteiger partial charge in [-0.15, -0.1) is 11.3 Å². The van der Waals surface area contributed by atoms with Gasteiger partial charge in [0, 0.05) is 11.6 Å². The Morgan fingerprint density at radius 1 is 1.12 bits per heavy atom. The molecule has 0 fully saturated rings. The zero-order valence-corrected chi connectivity index (χ0v) is 16.0. The monoisotopic (exact) mass is 417 g/mol. The van der Waals surface area contributed by atoms with Crippen molar-refractivity contribution in [1.82, 2.24) is 9.97 Å². The van der Waals surface area contributed by atoms with E-state index >= 15 is 0 Å². The molecule has 25 heavy (non-hydrogen) atoms. The third-order valence-electron chi connectivity index (χ3n) is 3.37. The van der Waals surface area contributed by atoms with Crippen LogP contribution in [0.1, 0.15) is 10.4 Å². The minimum atomic E-state index is -0.430. The highest BCUT2D eigenvalue weighted by molar-refractivity contribution is 7.17. The van der Waals surface area contributed by atoms with Gasteiger partial charge in [-0.25, -0.2) is 9.97 Å². The van der Waals surface area contributed by atoms with Gasteiger partial charge in [0.25, 0.3) is 5.91 Å². The Labute approximate surface area is 161 Å². The van der Waals surface area contributed by atoms with Crippen LogP contribution in [0.25, 0.3) is 10.2 Å². The predicted octanol–water partition coefficient (Wildman–Crippen LogP) is 4.92. The van der Waals surface area contributed by atoms with Gasteiger partial charge in [0.15, 0.2) is 11.5 Å². The van der Waals surface area contributed by atoms with Crippen LogP contribution in [0.5, 0.6) is 11.5 Å². The molecule has 130 valence electrons. The Kier molecular flexibility index (Phi) is 5.19. The topological polar surface area (TPSA) is 73.3 Å². The highest BCUT2D eigenvalue weighted by Gasteiger charge is 2.25. The average Bonchev–Trinajstić information content (AvgIpc) is 3.03. The minimum absolute atomic E-state index is 0.0702. The lowest BCUT2D eigenvalue weighted by Crippen LogP contribution is -2.13. The first-order valence-electron chi connectivity index (χ1n) is 6.76. The number of hydrogen-bond acceptors (Lipinski definition) is 6. The Morgan fingerprint density at radius 2 is 1.76 bits per heavy atom.